The monoisotopic (exact) mass is 646 g/mol. The molecule has 0 aliphatic rings. The Labute approximate surface area is 289 Å². The van der Waals surface area contributed by atoms with Gasteiger partial charge in [-0.2, -0.15) is 0 Å². The first-order chi connectivity index (χ1) is 24.4. The Morgan fingerprint density at radius 2 is 0.700 bits per heavy atom. The predicted molar refractivity (Wildman–Crippen MR) is 200 cm³/mol. The van der Waals surface area contributed by atoms with Gasteiger partial charge in [-0.3, -0.25) is 9.59 Å². The van der Waals surface area contributed by atoms with Crippen LogP contribution in [0.1, 0.15) is 34.6 Å². The molecule has 0 spiro atoms. The smallest absolute Gasteiger partial charge is 0.159 e. The van der Waals surface area contributed by atoms with Crippen molar-refractivity contribution in [1.82, 2.24) is 19.9 Å². The largest absolute Gasteiger partial charge is 0.295 e. The summed E-state index contributed by atoms with van der Waals surface area (Å²) in [6.45, 7) is 3.10. The minimum absolute atomic E-state index is 0.0300. The molecule has 0 aliphatic carbocycles. The van der Waals surface area contributed by atoms with E-state index in [1.165, 1.54) is 0 Å². The second kappa shape index (κ2) is 12.7. The van der Waals surface area contributed by atoms with Crippen LogP contribution < -0.4 is 0 Å². The van der Waals surface area contributed by atoms with Crippen LogP contribution in [-0.4, -0.2) is 31.5 Å². The van der Waals surface area contributed by atoms with E-state index in [-0.39, 0.29) is 11.6 Å². The second-order valence-electron chi connectivity index (χ2n) is 12.3. The lowest BCUT2D eigenvalue weighted by molar-refractivity contribution is 0.100. The fourth-order valence-electron chi connectivity index (χ4n) is 6.24. The molecule has 238 valence electrons. The van der Waals surface area contributed by atoms with Crippen molar-refractivity contribution >= 4 is 33.6 Å². The van der Waals surface area contributed by atoms with E-state index in [2.05, 4.69) is 36.4 Å². The van der Waals surface area contributed by atoms with E-state index < -0.39 is 0 Å². The maximum absolute atomic E-state index is 12.3. The molecule has 0 N–H and O–H groups in total. The van der Waals surface area contributed by atoms with E-state index in [0.717, 1.165) is 55.8 Å². The number of benzene rings is 6. The summed E-state index contributed by atoms with van der Waals surface area (Å²) in [5, 5.41) is 0. The average Bonchev–Trinajstić information content (AvgIpc) is 3.17. The van der Waals surface area contributed by atoms with E-state index >= 15 is 0 Å². The zero-order chi connectivity index (χ0) is 34.2. The Balaban J connectivity index is 1.28. The molecule has 8 aromatic rings. The minimum atomic E-state index is -0.0336. The first-order valence-corrected chi connectivity index (χ1v) is 16.4. The van der Waals surface area contributed by atoms with Gasteiger partial charge >= 0.3 is 0 Å². The molecule has 0 bridgehead atoms. The molecule has 50 heavy (non-hydrogen) atoms. The van der Waals surface area contributed by atoms with E-state index in [1.54, 1.807) is 26.0 Å². The van der Waals surface area contributed by atoms with Crippen molar-refractivity contribution in [2.24, 2.45) is 0 Å². The van der Waals surface area contributed by atoms with Crippen LogP contribution in [0.25, 0.3) is 78.2 Å². The van der Waals surface area contributed by atoms with Crippen LogP contribution in [0, 0.1) is 0 Å². The van der Waals surface area contributed by atoms with Crippen molar-refractivity contribution in [2.45, 2.75) is 13.8 Å². The van der Waals surface area contributed by atoms with Crippen LogP contribution in [0.3, 0.4) is 0 Å². The van der Waals surface area contributed by atoms with Gasteiger partial charge in [-0.1, -0.05) is 109 Å². The Bertz CT molecular complexity index is 2600. The molecular formula is C44H30N4O2. The number of Topliss-reactive ketones (excluding diaryl/α,β-unsaturated/α-hetero) is 2. The fourth-order valence-corrected chi connectivity index (χ4v) is 6.24. The zero-order valence-electron chi connectivity index (χ0n) is 27.5. The van der Waals surface area contributed by atoms with Crippen LogP contribution in [-0.2, 0) is 0 Å². The number of hydrogen-bond donors (Lipinski definition) is 0. The van der Waals surface area contributed by atoms with Gasteiger partial charge < -0.3 is 0 Å². The summed E-state index contributed by atoms with van der Waals surface area (Å²) >= 11 is 0. The zero-order valence-corrected chi connectivity index (χ0v) is 27.5. The van der Waals surface area contributed by atoms with Crippen molar-refractivity contribution < 1.29 is 9.59 Å². The van der Waals surface area contributed by atoms with Gasteiger partial charge in [0, 0.05) is 33.4 Å². The van der Waals surface area contributed by atoms with E-state index in [9.17, 15) is 9.59 Å². The number of ketones is 2. The van der Waals surface area contributed by atoms with Gasteiger partial charge in [0.2, 0.25) is 0 Å². The van der Waals surface area contributed by atoms with Crippen LogP contribution in [0.5, 0.6) is 0 Å². The minimum Gasteiger partial charge on any atom is -0.295 e. The Morgan fingerprint density at radius 1 is 0.340 bits per heavy atom. The standard InChI is InChI=1S/C44H30N4O2/c1-27(49)31-15-9-17-35(23-31)43-44(36-18-10-16-32(24-36)28(2)50)48-40-26-34(20-22-38(40)46-43)33-19-21-37-39(25-33)47-42(30-13-7-4-8-14-30)41(45-37)29-11-5-3-6-12-29/h3-26H,1-2H3. The molecule has 8 rings (SSSR count). The molecular weight excluding hydrogens is 617 g/mol. The highest BCUT2D eigenvalue weighted by Gasteiger charge is 2.17. The van der Waals surface area contributed by atoms with Gasteiger partial charge in [0.05, 0.1) is 44.8 Å². The molecule has 0 aliphatic heterocycles. The first-order valence-electron chi connectivity index (χ1n) is 16.4. The van der Waals surface area contributed by atoms with Crippen molar-refractivity contribution in [3.8, 4) is 56.2 Å². The molecule has 0 amide bonds. The number of aromatic nitrogens is 4. The molecule has 0 fully saturated rings. The highest BCUT2D eigenvalue weighted by atomic mass is 16.1. The molecule has 6 aromatic carbocycles. The molecule has 2 aromatic heterocycles. The van der Waals surface area contributed by atoms with Gasteiger partial charge in [-0.25, -0.2) is 19.9 Å². The number of hydrogen-bond acceptors (Lipinski definition) is 6. The molecule has 0 unspecified atom stereocenters. The third-order valence-electron chi connectivity index (χ3n) is 8.84. The van der Waals surface area contributed by atoms with Gasteiger partial charge in [-0.05, 0) is 61.4 Å². The summed E-state index contributed by atoms with van der Waals surface area (Å²) in [6.07, 6.45) is 0. The van der Waals surface area contributed by atoms with Crippen molar-refractivity contribution in [3.63, 3.8) is 0 Å². The average molecular weight is 647 g/mol. The molecule has 0 saturated carbocycles. The lowest BCUT2D eigenvalue weighted by Crippen LogP contribution is -1.99. The van der Waals surface area contributed by atoms with Gasteiger partial charge in [0.25, 0.3) is 0 Å². The number of carbonyl (C=O) groups is 2. The lowest BCUT2D eigenvalue weighted by Gasteiger charge is -2.13. The van der Waals surface area contributed by atoms with Crippen LogP contribution in [0.2, 0.25) is 0 Å². The fraction of sp³-hybridized carbons (Fsp3) is 0.0455. The number of rotatable bonds is 7. The Morgan fingerprint density at radius 3 is 1.10 bits per heavy atom. The van der Waals surface area contributed by atoms with Crippen LogP contribution in [0.4, 0.5) is 0 Å². The SMILES string of the molecule is CC(=O)c1cccc(-c2nc3ccc(-c4ccc5nc(-c6ccccc6)c(-c6ccccc6)nc5c4)cc3nc2-c2cccc(C(C)=O)c2)c1. The topological polar surface area (TPSA) is 85.7 Å². The highest BCUT2D eigenvalue weighted by Crippen LogP contribution is 2.35. The van der Waals surface area contributed by atoms with E-state index in [1.807, 2.05) is 97.1 Å². The molecule has 6 nitrogen and oxygen atoms in total. The lowest BCUT2D eigenvalue weighted by atomic mass is 9.98. The summed E-state index contributed by atoms with van der Waals surface area (Å²) < 4.78 is 0. The van der Waals surface area contributed by atoms with Crippen LogP contribution in [0.15, 0.2) is 146 Å². The maximum atomic E-state index is 12.3. The summed E-state index contributed by atoms with van der Waals surface area (Å²) in [7, 11) is 0. The third kappa shape index (κ3) is 5.84. The summed E-state index contributed by atoms with van der Waals surface area (Å²) in [6, 6.07) is 47.3. The van der Waals surface area contributed by atoms with E-state index in [4.69, 9.17) is 19.9 Å². The van der Waals surface area contributed by atoms with E-state index in [0.29, 0.717) is 33.5 Å². The van der Waals surface area contributed by atoms with Crippen LogP contribution >= 0.6 is 0 Å². The number of nitrogens with zero attached hydrogens (tertiary/aromatic N) is 4. The van der Waals surface area contributed by atoms with Crippen molar-refractivity contribution in [2.75, 3.05) is 0 Å². The second-order valence-corrected chi connectivity index (χ2v) is 12.3. The predicted octanol–water partition coefficient (Wildman–Crippen LogP) is 10.3. The van der Waals surface area contributed by atoms with Crippen molar-refractivity contribution in [3.05, 3.63) is 157 Å². The molecule has 2 heterocycles. The van der Waals surface area contributed by atoms with Crippen molar-refractivity contribution in [1.29, 1.82) is 0 Å². The molecule has 0 saturated heterocycles. The first kappa shape index (κ1) is 30.7. The maximum Gasteiger partial charge on any atom is 0.159 e. The highest BCUT2D eigenvalue weighted by molar-refractivity contribution is 5.98. The van der Waals surface area contributed by atoms with Gasteiger partial charge in [-0.15, -0.1) is 0 Å². The molecule has 0 radical (unpaired) electrons. The van der Waals surface area contributed by atoms with Gasteiger partial charge in [0.15, 0.2) is 11.6 Å². The summed E-state index contributed by atoms with van der Waals surface area (Å²) in [4.78, 5) is 45.1. The van der Waals surface area contributed by atoms with Gasteiger partial charge in [0.1, 0.15) is 0 Å². The molecule has 6 heteroatoms. The number of fused-ring (bicyclic) bond motifs is 2. The number of carbonyl (C=O) groups excluding carboxylic acids is 2. The summed E-state index contributed by atoms with van der Waals surface area (Å²) in [5.74, 6) is -0.0636. The Kier molecular flexibility index (Phi) is 7.82. The normalized spacial score (nSPS) is 11.2. The third-order valence-corrected chi connectivity index (χ3v) is 8.84. The summed E-state index contributed by atoms with van der Waals surface area (Å²) in [5.41, 5.74) is 12.6. The Hall–Kier alpha value is -6.66. The molecule has 0 atom stereocenters. The quantitative estimate of drug-likeness (QED) is 0.160.